The maximum atomic E-state index is 4.37. The summed E-state index contributed by atoms with van der Waals surface area (Å²) in [5.74, 6) is 0. The summed E-state index contributed by atoms with van der Waals surface area (Å²) < 4.78 is 0. The van der Waals surface area contributed by atoms with Crippen molar-refractivity contribution >= 4 is 11.4 Å². The Balaban J connectivity index is 2.05. The number of anilines is 1. The minimum Gasteiger partial charge on any atom is -0.378 e. The summed E-state index contributed by atoms with van der Waals surface area (Å²) in [5.41, 5.74) is 2.05. The SMILES string of the molecule is CN(C)c1ccc(N=NC2N(C)C=C[NH+]2C)cc1. The molecule has 1 aliphatic heterocycles. The van der Waals surface area contributed by atoms with E-state index in [0.717, 1.165) is 11.4 Å². The highest BCUT2D eigenvalue weighted by Gasteiger charge is 2.24. The van der Waals surface area contributed by atoms with E-state index in [9.17, 15) is 0 Å². The molecule has 2 atom stereocenters. The maximum absolute atomic E-state index is 4.37. The van der Waals surface area contributed by atoms with E-state index in [4.69, 9.17) is 0 Å². The van der Waals surface area contributed by atoms with Crippen molar-refractivity contribution in [2.75, 3.05) is 33.1 Å². The number of azo groups is 1. The van der Waals surface area contributed by atoms with E-state index >= 15 is 0 Å². The Morgan fingerprint density at radius 1 is 1.22 bits per heavy atom. The van der Waals surface area contributed by atoms with E-state index in [1.807, 2.05) is 56.5 Å². The van der Waals surface area contributed by atoms with Crippen LogP contribution in [0.3, 0.4) is 0 Å². The molecule has 0 aromatic heterocycles. The van der Waals surface area contributed by atoms with Gasteiger partial charge < -0.3 is 9.80 Å². The van der Waals surface area contributed by atoms with Crippen LogP contribution >= 0.6 is 0 Å². The molecule has 96 valence electrons. The lowest BCUT2D eigenvalue weighted by atomic mass is 10.3. The van der Waals surface area contributed by atoms with Gasteiger partial charge >= 0.3 is 0 Å². The van der Waals surface area contributed by atoms with E-state index in [1.54, 1.807) is 0 Å². The molecular weight excluding hydrogens is 226 g/mol. The highest BCUT2D eigenvalue weighted by molar-refractivity contribution is 5.51. The van der Waals surface area contributed by atoms with Crippen LogP contribution in [0.1, 0.15) is 0 Å². The Hall–Kier alpha value is -1.88. The summed E-state index contributed by atoms with van der Waals surface area (Å²) in [5, 5.41) is 8.66. The molecular formula is C13H20N5+. The summed E-state index contributed by atoms with van der Waals surface area (Å²) in [6.45, 7) is 0. The first-order valence-corrected chi connectivity index (χ1v) is 6.00. The van der Waals surface area contributed by atoms with Gasteiger partial charge in [-0.3, -0.25) is 4.90 Å². The first kappa shape index (κ1) is 12.6. The van der Waals surface area contributed by atoms with Gasteiger partial charge in [0.2, 0.25) is 0 Å². The molecule has 5 nitrogen and oxygen atoms in total. The van der Waals surface area contributed by atoms with Crippen LogP contribution in [-0.2, 0) is 0 Å². The number of rotatable bonds is 3. The number of nitrogens with one attached hydrogen (secondary N) is 1. The van der Waals surface area contributed by atoms with Gasteiger partial charge in [0.1, 0.15) is 6.20 Å². The molecule has 0 aliphatic carbocycles. The van der Waals surface area contributed by atoms with Gasteiger partial charge in [-0.1, -0.05) is 0 Å². The van der Waals surface area contributed by atoms with Crippen LogP contribution in [0.5, 0.6) is 0 Å². The fourth-order valence-corrected chi connectivity index (χ4v) is 1.84. The molecule has 0 amide bonds. The molecule has 18 heavy (non-hydrogen) atoms. The lowest BCUT2D eigenvalue weighted by Crippen LogP contribution is -3.08. The highest BCUT2D eigenvalue weighted by atomic mass is 15.5. The van der Waals surface area contributed by atoms with Crippen molar-refractivity contribution in [3.63, 3.8) is 0 Å². The smallest absolute Gasteiger partial charge is 0.284 e. The Labute approximate surface area is 108 Å². The number of nitrogens with zero attached hydrogens (tertiary/aromatic N) is 4. The number of hydrogen-bond acceptors (Lipinski definition) is 4. The summed E-state index contributed by atoms with van der Waals surface area (Å²) in [7, 11) is 8.12. The molecule has 0 bridgehead atoms. The van der Waals surface area contributed by atoms with E-state index in [2.05, 4.69) is 28.4 Å². The molecule has 1 aromatic rings. The van der Waals surface area contributed by atoms with E-state index < -0.39 is 0 Å². The summed E-state index contributed by atoms with van der Waals surface area (Å²) in [6, 6.07) is 8.05. The molecule has 0 fully saturated rings. The van der Waals surface area contributed by atoms with E-state index in [1.165, 1.54) is 4.90 Å². The zero-order chi connectivity index (χ0) is 13.1. The average molecular weight is 246 g/mol. The van der Waals surface area contributed by atoms with Gasteiger partial charge in [0, 0.05) is 26.8 Å². The average Bonchev–Trinajstić information content (AvgIpc) is 2.67. The first-order chi connectivity index (χ1) is 8.58. The topological polar surface area (TPSA) is 35.6 Å². The van der Waals surface area contributed by atoms with Gasteiger partial charge in [0.25, 0.3) is 6.29 Å². The third-order valence-electron chi connectivity index (χ3n) is 3.01. The quantitative estimate of drug-likeness (QED) is 0.809. The molecule has 0 spiro atoms. The fourth-order valence-electron chi connectivity index (χ4n) is 1.84. The van der Waals surface area contributed by atoms with Gasteiger partial charge in [0.15, 0.2) is 0 Å². The second kappa shape index (κ2) is 5.18. The monoisotopic (exact) mass is 246 g/mol. The molecule has 0 saturated carbocycles. The van der Waals surface area contributed by atoms with Crippen molar-refractivity contribution in [1.82, 2.24) is 4.90 Å². The molecule has 2 unspecified atom stereocenters. The predicted octanol–water partition coefficient (Wildman–Crippen LogP) is 1.05. The zero-order valence-corrected chi connectivity index (χ0v) is 11.3. The Morgan fingerprint density at radius 2 is 1.89 bits per heavy atom. The second-order valence-electron chi connectivity index (χ2n) is 4.73. The molecule has 5 heteroatoms. The van der Waals surface area contributed by atoms with Gasteiger partial charge in [0.05, 0.1) is 18.9 Å². The maximum Gasteiger partial charge on any atom is 0.284 e. The van der Waals surface area contributed by atoms with Crippen molar-refractivity contribution in [2.45, 2.75) is 6.29 Å². The summed E-state index contributed by atoms with van der Waals surface area (Å²) in [4.78, 5) is 5.33. The Bertz CT molecular complexity index is 437. The standard InChI is InChI=1S/C13H19N5/c1-16(2)12-7-5-11(6-8-12)14-15-13-17(3)9-10-18(13)4/h5-10,13H,1-4H3/p+1. The predicted molar refractivity (Wildman–Crippen MR) is 72.9 cm³/mol. The molecule has 0 radical (unpaired) electrons. The molecule has 1 N–H and O–H groups in total. The Morgan fingerprint density at radius 3 is 2.39 bits per heavy atom. The third kappa shape index (κ3) is 2.68. The lowest BCUT2D eigenvalue weighted by Gasteiger charge is -2.16. The largest absolute Gasteiger partial charge is 0.378 e. The lowest BCUT2D eigenvalue weighted by molar-refractivity contribution is -0.856. The van der Waals surface area contributed by atoms with Crippen molar-refractivity contribution < 1.29 is 4.90 Å². The number of hydrogen-bond donors (Lipinski definition) is 1. The number of quaternary nitrogens is 1. The van der Waals surface area contributed by atoms with Crippen LogP contribution in [0, 0.1) is 0 Å². The van der Waals surface area contributed by atoms with Crippen LogP contribution in [0.4, 0.5) is 11.4 Å². The minimum absolute atomic E-state index is 0.0403. The number of benzene rings is 1. The van der Waals surface area contributed by atoms with Gasteiger partial charge in [-0.2, -0.15) is 0 Å². The van der Waals surface area contributed by atoms with Crippen molar-refractivity contribution in [3.8, 4) is 0 Å². The third-order valence-corrected chi connectivity index (χ3v) is 3.01. The van der Waals surface area contributed by atoms with Gasteiger partial charge in [-0.15, -0.1) is 10.2 Å². The summed E-state index contributed by atoms with van der Waals surface area (Å²) >= 11 is 0. The molecule has 2 rings (SSSR count). The normalized spacial score (nSPS) is 23.0. The van der Waals surface area contributed by atoms with Crippen LogP contribution < -0.4 is 9.80 Å². The molecule has 1 aliphatic rings. The zero-order valence-electron chi connectivity index (χ0n) is 11.3. The van der Waals surface area contributed by atoms with Gasteiger partial charge in [-0.25, -0.2) is 0 Å². The first-order valence-electron chi connectivity index (χ1n) is 6.00. The molecule has 0 saturated heterocycles. The van der Waals surface area contributed by atoms with Gasteiger partial charge in [-0.05, 0) is 24.3 Å². The van der Waals surface area contributed by atoms with Crippen LogP contribution in [-0.4, -0.2) is 39.4 Å². The van der Waals surface area contributed by atoms with Crippen molar-refractivity contribution in [1.29, 1.82) is 0 Å². The minimum atomic E-state index is 0.0403. The van der Waals surface area contributed by atoms with Crippen LogP contribution in [0.2, 0.25) is 0 Å². The second-order valence-corrected chi connectivity index (χ2v) is 4.73. The highest BCUT2D eigenvalue weighted by Crippen LogP contribution is 2.18. The van der Waals surface area contributed by atoms with Crippen molar-refractivity contribution in [3.05, 3.63) is 36.7 Å². The van der Waals surface area contributed by atoms with Crippen LogP contribution in [0.15, 0.2) is 46.9 Å². The molecule has 1 heterocycles. The van der Waals surface area contributed by atoms with E-state index in [-0.39, 0.29) is 6.29 Å². The van der Waals surface area contributed by atoms with Crippen molar-refractivity contribution in [2.24, 2.45) is 10.2 Å². The summed E-state index contributed by atoms with van der Waals surface area (Å²) in [6.07, 6.45) is 4.13. The Kier molecular flexibility index (Phi) is 3.62. The van der Waals surface area contributed by atoms with Crippen LogP contribution in [0.25, 0.3) is 0 Å². The fraction of sp³-hybridized carbons (Fsp3) is 0.385. The van der Waals surface area contributed by atoms with E-state index in [0.29, 0.717) is 0 Å². The molecule has 1 aromatic carbocycles.